The Morgan fingerprint density at radius 3 is 2.54 bits per heavy atom. The lowest BCUT2D eigenvalue weighted by Gasteiger charge is -2.21. The van der Waals surface area contributed by atoms with Gasteiger partial charge in [-0.05, 0) is 56.3 Å². The number of aryl methyl sites for hydroxylation is 1. The Labute approximate surface area is 143 Å². The Kier molecular flexibility index (Phi) is 4.16. The number of rotatable bonds is 3. The van der Waals surface area contributed by atoms with Crippen molar-refractivity contribution in [2.75, 3.05) is 0 Å². The second-order valence-corrected chi connectivity index (χ2v) is 7.69. The lowest BCUT2D eigenvalue weighted by atomic mass is 10.1. The average molecular weight is 324 g/mol. The van der Waals surface area contributed by atoms with Crippen LogP contribution in [0.4, 0.5) is 5.82 Å². The molecule has 2 heterocycles. The molecule has 0 atom stereocenters. The molecular weight excluding hydrogens is 298 g/mol. The van der Waals surface area contributed by atoms with E-state index in [-0.39, 0.29) is 5.60 Å². The minimum Gasteiger partial charge on any atom is -0.487 e. The molecule has 0 aliphatic carbocycles. The molecule has 3 rings (SSSR count). The molecule has 2 aromatic rings. The van der Waals surface area contributed by atoms with E-state index in [9.17, 15) is 0 Å². The highest BCUT2D eigenvalue weighted by Gasteiger charge is 2.24. The molecule has 0 radical (unpaired) electrons. The molecule has 4 nitrogen and oxygen atoms in total. The first-order valence-electron chi connectivity index (χ1n) is 8.53. The zero-order valence-corrected chi connectivity index (χ0v) is 15.4. The lowest BCUT2D eigenvalue weighted by molar-refractivity contribution is -0.441. The molecule has 0 unspecified atom stereocenters. The van der Waals surface area contributed by atoms with Gasteiger partial charge in [-0.3, -0.25) is 0 Å². The summed E-state index contributed by atoms with van der Waals surface area (Å²) in [4.78, 5) is 4.81. The van der Waals surface area contributed by atoms with Crippen molar-refractivity contribution in [3.63, 3.8) is 0 Å². The molecule has 1 aromatic carbocycles. The fourth-order valence-electron chi connectivity index (χ4n) is 2.72. The summed E-state index contributed by atoms with van der Waals surface area (Å²) >= 11 is 0. The van der Waals surface area contributed by atoms with Gasteiger partial charge >= 0.3 is 5.82 Å². The number of hydrogen-bond acceptors (Lipinski definition) is 3. The third-order valence-electron chi connectivity index (χ3n) is 3.94. The van der Waals surface area contributed by atoms with Gasteiger partial charge in [0.25, 0.3) is 0 Å². The summed E-state index contributed by atoms with van der Waals surface area (Å²) in [6.07, 6.45) is 2.96. The van der Waals surface area contributed by atoms with Crippen LogP contribution in [0.1, 0.15) is 46.6 Å². The van der Waals surface area contributed by atoms with E-state index in [1.807, 2.05) is 10.8 Å². The largest absolute Gasteiger partial charge is 0.487 e. The molecule has 0 amide bonds. The number of hydrazone groups is 1. The van der Waals surface area contributed by atoms with Gasteiger partial charge in [0.15, 0.2) is 5.52 Å². The SMILES string of the molecule is Cc1ccc2c(OC(C)(C)C)cc([N+]3=CCC(C(C)C)=N3)nc2c1. The van der Waals surface area contributed by atoms with E-state index < -0.39 is 0 Å². The van der Waals surface area contributed by atoms with Crippen molar-refractivity contribution >= 4 is 28.6 Å². The normalized spacial score (nSPS) is 15.0. The summed E-state index contributed by atoms with van der Waals surface area (Å²) < 4.78 is 8.08. The van der Waals surface area contributed by atoms with Crippen LogP contribution >= 0.6 is 0 Å². The molecule has 4 heteroatoms. The molecule has 1 aliphatic heterocycles. The van der Waals surface area contributed by atoms with Gasteiger partial charge in [-0.2, -0.15) is 0 Å². The van der Waals surface area contributed by atoms with Crippen molar-refractivity contribution < 1.29 is 9.42 Å². The number of aromatic nitrogens is 1. The fraction of sp³-hybridized carbons (Fsp3) is 0.450. The summed E-state index contributed by atoms with van der Waals surface area (Å²) in [6.45, 7) is 12.6. The number of benzene rings is 1. The van der Waals surface area contributed by atoms with Crippen LogP contribution in [0.15, 0.2) is 29.4 Å². The molecule has 24 heavy (non-hydrogen) atoms. The van der Waals surface area contributed by atoms with E-state index >= 15 is 0 Å². The maximum absolute atomic E-state index is 6.20. The van der Waals surface area contributed by atoms with Gasteiger partial charge in [-0.1, -0.05) is 25.0 Å². The summed E-state index contributed by atoms with van der Waals surface area (Å²) in [7, 11) is 0. The summed E-state index contributed by atoms with van der Waals surface area (Å²) in [5.41, 5.74) is 3.04. The smallest absolute Gasteiger partial charge is 0.352 e. The van der Waals surface area contributed by atoms with Crippen LogP contribution in [0.2, 0.25) is 0 Å². The third kappa shape index (κ3) is 3.48. The Hall–Kier alpha value is -2.23. The Morgan fingerprint density at radius 1 is 1.17 bits per heavy atom. The second-order valence-electron chi connectivity index (χ2n) is 7.69. The number of fused-ring (bicyclic) bond motifs is 1. The highest BCUT2D eigenvalue weighted by molar-refractivity contribution is 5.97. The van der Waals surface area contributed by atoms with Crippen LogP contribution in [0, 0.1) is 12.8 Å². The second kappa shape index (κ2) is 6.00. The molecule has 1 aromatic heterocycles. The van der Waals surface area contributed by atoms with E-state index in [4.69, 9.17) is 14.8 Å². The van der Waals surface area contributed by atoms with Crippen molar-refractivity contribution in [3.8, 4) is 5.75 Å². The number of ether oxygens (including phenoxy) is 1. The van der Waals surface area contributed by atoms with E-state index in [1.54, 1.807) is 0 Å². The van der Waals surface area contributed by atoms with Gasteiger partial charge < -0.3 is 4.74 Å². The van der Waals surface area contributed by atoms with Crippen LogP contribution in [0.3, 0.4) is 0 Å². The fourth-order valence-corrected chi connectivity index (χ4v) is 2.72. The van der Waals surface area contributed by atoms with Gasteiger partial charge in [0.05, 0.1) is 17.2 Å². The predicted octanol–water partition coefficient (Wildman–Crippen LogP) is 4.85. The van der Waals surface area contributed by atoms with Crippen molar-refractivity contribution in [1.82, 2.24) is 4.98 Å². The summed E-state index contributed by atoms with van der Waals surface area (Å²) in [6, 6.07) is 8.26. The molecule has 0 saturated carbocycles. The number of nitrogens with zero attached hydrogens (tertiary/aromatic N) is 3. The first kappa shape index (κ1) is 16.6. The molecular formula is C20H26N3O+. The van der Waals surface area contributed by atoms with Gasteiger partial charge in [0.2, 0.25) is 0 Å². The van der Waals surface area contributed by atoms with Crippen LogP contribution in [0.5, 0.6) is 5.75 Å². The number of hydrogen-bond donors (Lipinski definition) is 0. The highest BCUT2D eigenvalue weighted by Crippen LogP contribution is 2.32. The van der Waals surface area contributed by atoms with Crippen molar-refractivity contribution in [1.29, 1.82) is 0 Å². The molecule has 0 N–H and O–H groups in total. The van der Waals surface area contributed by atoms with E-state index in [0.29, 0.717) is 5.92 Å². The topological polar surface area (TPSA) is 37.5 Å². The van der Waals surface area contributed by atoms with Gasteiger partial charge in [0, 0.05) is 6.42 Å². The predicted molar refractivity (Wildman–Crippen MR) is 99.7 cm³/mol. The zero-order chi connectivity index (χ0) is 17.5. The Morgan fingerprint density at radius 2 is 1.92 bits per heavy atom. The Balaban J connectivity index is 2.13. The molecule has 0 bridgehead atoms. The quantitative estimate of drug-likeness (QED) is 0.757. The van der Waals surface area contributed by atoms with Crippen LogP contribution in [-0.4, -0.2) is 27.2 Å². The first-order valence-corrected chi connectivity index (χ1v) is 8.53. The molecule has 1 aliphatic rings. The van der Waals surface area contributed by atoms with E-state index in [2.05, 4.69) is 66.0 Å². The minimum atomic E-state index is -0.266. The van der Waals surface area contributed by atoms with Gasteiger partial charge in [0.1, 0.15) is 17.6 Å². The van der Waals surface area contributed by atoms with Crippen LogP contribution in [0.25, 0.3) is 10.9 Å². The average Bonchev–Trinajstić information content (AvgIpc) is 2.94. The van der Waals surface area contributed by atoms with Crippen molar-refractivity contribution in [2.24, 2.45) is 11.0 Å². The number of pyridine rings is 1. The standard InChI is InChI=1S/C20H26N3O/c1-13(2)16-9-10-23(22-16)19-12-18(24-20(4,5)6)15-8-7-14(3)11-17(15)21-19/h7-8,10-13H,9H2,1-6H3/q+1. The highest BCUT2D eigenvalue weighted by atomic mass is 16.5. The first-order chi connectivity index (χ1) is 11.2. The minimum absolute atomic E-state index is 0.266. The maximum Gasteiger partial charge on any atom is 0.352 e. The van der Waals surface area contributed by atoms with Gasteiger partial charge in [-0.15, -0.1) is 4.68 Å². The summed E-state index contributed by atoms with van der Waals surface area (Å²) in [5.74, 6) is 2.10. The molecule has 0 saturated heterocycles. The van der Waals surface area contributed by atoms with Crippen molar-refractivity contribution in [3.05, 3.63) is 29.8 Å². The van der Waals surface area contributed by atoms with E-state index in [1.165, 1.54) is 11.3 Å². The maximum atomic E-state index is 6.20. The van der Waals surface area contributed by atoms with Crippen LogP contribution in [-0.2, 0) is 0 Å². The molecule has 0 fully saturated rings. The van der Waals surface area contributed by atoms with Crippen molar-refractivity contribution in [2.45, 2.75) is 53.6 Å². The van der Waals surface area contributed by atoms with Crippen LogP contribution < -0.4 is 4.74 Å². The van der Waals surface area contributed by atoms with Gasteiger partial charge in [-0.25, -0.2) is 0 Å². The monoisotopic (exact) mass is 324 g/mol. The Bertz CT molecular complexity index is 842. The summed E-state index contributed by atoms with van der Waals surface area (Å²) in [5, 5.41) is 5.73. The van der Waals surface area contributed by atoms with E-state index in [0.717, 1.165) is 28.9 Å². The lowest BCUT2D eigenvalue weighted by Crippen LogP contribution is -2.23. The molecule has 0 spiro atoms. The third-order valence-corrected chi connectivity index (χ3v) is 3.94. The molecule has 126 valence electrons. The zero-order valence-electron chi connectivity index (χ0n) is 15.4.